The van der Waals surface area contributed by atoms with Gasteiger partial charge in [-0.05, 0) is 19.1 Å². The Morgan fingerprint density at radius 2 is 1.54 bits per heavy atom. The number of benzene rings is 1. The molecular weight excluding hydrogens is 382 g/mol. The first-order valence-corrected chi connectivity index (χ1v) is 9.19. The summed E-state index contributed by atoms with van der Waals surface area (Å²) in [5.74, 6) is -0.639. The summed E-state index contributed by atoms with van der Waals surface area (Å²) in [6.45, 7) is 1.20. The Hall–Kier alpha value is 0.950. The van der Waals surface area contributed by atoms with Gasteiger partial charge in [0.25, 0.3) is 5.91 Å². The quantitative estimate of drug-likeness (QED) is 0.271. The standard InChI is InChI=1S/C11H17NO8P2.2Na/c1-8-2-4-9(5-3-8)10(13)12-7-6-11(14,21(15,16)17)22(18,19)20;;/h2-5,14H,6-7H2,1H3,(H,12,13)(H2,15,16,17)(H2,18,19,20);;/q;2*+1/p-2. The second-order valence-corrected chi connectivity index (χ2v) is 8.60. The van der Waals surface area contributed by atoms with Gasteiger partial charge in [-0.15, -0.1) is 0 Å². The minimum Gasteiger partial charge on any atom is -0.776 e. The molecule has 1 aromatic rings. The second kappa shape index (κ2) is 10.3. The Bertz CT molecular complexity index is 620. The number of hydrogen-bond acceptors (Lipinski definition) is 6. The summed E-state index contributed by atoms with van der Waals surface area (Å²) in [5, 5.41) is 7.93. The van der Waals surface area contributed by atoms with Crippen molar-refractivity contribution in [2.45, 2.75) is 18.4 Å². The first-order chi connectivity index (χ1) is 9.88. The van der Waals surface area contributed by atoms with E-state index < -0.39 is 39.1 Å². The van der Waals surface area contributed by atoms with Crippen LogP contribution in [0.3, 0.4) is 0 Å². The number of amides is 1. The molecule has 4 N–H and O–H groups in total. The van der Waals surface area contributed by atoms with Crippen molar-refractivity contribution in [3.05, 3.63) is 35.4 Å². The summed E-state index contributed by atoms with van der Waals surface area (Å²) in [5.41, 5.74) is 1.14. The molecule has 0 saturated heterocycles. The Kier molecular flexibility index (Phi) is 11.7. The van der Waals surface area contributed by atoms with E-state index in [4.69, 9.17) is 9.79 Å². The van der Waals surface area contributed by atoms with Crippen molar-refractivity contribution >= 4 is 21.1 Å². The number of hydrogen-bond donors (Lipinski definition) is 4. The van der Waals surface area contributed by atoms with Gasteiger partial charge in [0.05, 0.1) is 0 Å². The minimum atomic E-state index is -5.82. The fourth-order valence-electron chi connectivity index (χ4n) is 1.59. The molecule has 1 amide bonds. The Balaban J connectivity index is 0. The zero-order chi connectivity index (χ0) is 17.2. The zero-order valence-corrected chi connectivity index (χ0v) is 19.3. The summed E-state index contributed by atoms with van der Waals surface area (Å²) in [7, 11) is -11.6. The number of carbonyl (C=O) groups excluding carboxylic acids is 1. The predicted octanol–water partition coefficient (Wildman–Crippen LogP) is -7.14. The molecule has 124 valence electrons. The number of aliphatic hydroxyl groups is 1. The molecule has 2 unspecified atom stereocenters. The molecule has 13 heteroatoms. The van der Waals surface area contributed by atoms with Crippen LogP contribution in [0.1, 0.15) is 22.3 Å². The Morgan fingerprint density at radius 1 is 1.12 bits per heavy atom. The Labute approximate surface area is 183 Å². The molecule has 0 bridgehead atoms. The number of nitrogens with one attached hydrogen (secondary N) is 1. The summed E-state index contributed by atoms with van der Waals surface area (Å²) >= 11 is 0. The van der Waals surface area contributed by atoms with Crippen LogP contribution in [0.4, 0.5) is 0 Å². The molecule has 0 saturated carbocycles. The molecule has 24 heavy (non-hydrogen) atoms. The second-order valence-electron chi connectivity index (χ2n) is 4.69. The van der Waals surface area contributed by atoms with E-state index in [1.165, 1.54) is 12.1 Å². The number of aryl methyl sites for hydroxylation is 1. The molecule has 2 atom stereocenters. The smallest absolute Gasteiger partial charge is 0.776 e. The van der Waals surface area contributed by atoms with Crippen LogP contribution < -0.4 is 74.2 Å². The molecule has 0 aromatic heterocycles. The van der Waals surface area contributed by atoms with E-state index in [-0.39, 0.29) is 64.7 Å². The van der Waals surface area contributed by atoms with Crippen molar-refractivity contribution in [1.82, 2.24) is 5.32 Å². The van der Waals surface area contributed by atoms with Gasteiger partial charge in [-0.2, -0.15) is 0 Å². The van der Waals surface area contributed by atoms with Crippen molar-refractivity contribution in [3.63, 3.8) is 0 Å². The normalized spacial score (nSPS) is 17.9. The van der Waals surface area contributed by atoms with Gasteiger partial charge < -0.3 is 39.1 Å². The van der Waals surface area contributed by atoms with E-state index in [0.717, 1.165) is 5.56 Å². The van der Waals surface area contributed by atoms with Crippen LogP contribution >= 0.6 is 15.2 Å². The van der Waals surface area contributed by atoms with Gasteiger partial charge in [-0.3, -0.25) is 4.79 Å². The maximum atomic E-state index is 11.7. The fraction of sp³-hybridized carbons (Fsp3) is 0.364. The van der Waals surface area contributed by atoms with Crippen LogP contribution in [0, 0.1) is 6.92 Å². The van der Waals surface area contributed by atoms with Gasteiger partial charge in [-0.25, -0.2) is 0 Å². The van der Waals surface area contributed by atoms with Crippen LogP contribution in [0.25, 0.3) is 0 Å². The van der Waals surface area contributed by atoms with Gasteiger partial charge in [-0.1, -0.05) is 17.7 Å². The third-order valence-electron chi connectivity index (χ3n) is 2.96. The summed E-state index contributed by atoms with van der Waals surface area (Å²) in [6.07, 6.45) is -1.13. The molecule has 0 fully saturated rings. The molecule has 1 rings (SSSR count). The van der Waals surface area contributed by atoms with E-state index in [1.807, 2.05) is 6.92 Å². The van der Waals surface area contributed by atoms with Crippen molar-refractivity contribution < 1.29 is 97.7 Å². The molecule has 1 aromatic carbocycles. The van der Waals surface area contributed by atoms with Crippen molar-refractivity contribution in [2.24, 2.45) is 0 Å². The van der Waals surface area contributed by atoms with Gasteiger partial charge in [0.15, 0.2) is 20.3 Å². The fourth-order valence-corrected chi connectivity index (χ4v) is 3.66. The van der Waals surface area contributed by atoms with Crippen molar-refractivity contribution in [3.8, 4) is 0 Å². The maximum absolute atomic E-state index is 11.7. The first-order valence-electron chi connectivity index (χ1n) is 6.03. The predicted molar refractivity (Wildman–Crippen MR) is 72.7 cm³/mol. The van der Waals surface area contributed by atoms with Crippen molar-refractivity contribution in [1.29, 1.82) is 0 Å². The summed E-state index contributed by atoms with van der Waals surface area (Å²) in [6, 6.07) is 6.30. The van der Waals surface area contributed by atoms with Crippen LogP contribution in [0.15, 0.2) is 24.3 Å². The molecule has 0 aliphatic carbocycles. The van der Waals surface area contributed by atoms with Crippen LogP contribution in [0.2, 0.25) is 0 Å². The third kappa shape index (κ3) is 6.93. The van der Waals surface area contributed by atoms with Crippen LogP contribution in [-0.2, 0) is 9.13 Å². The first kappa shape index (κ1) is 27.2. The summed E-state index contributed by atoms with van der Waals surface area (Å²) in [4.78, 5) is 51.3. The van der Waals surface area contributed by atoms with E-state index in [1.54, 1.807) is 12.1 Å². The molecule has 0 spiro atoms. The monoisotopic (exact) mass is 397 g/mol. The van der Waals surface area contributed by atoms with Gasteiger partial charge in [0.1, 0.15) is 0 Å². The molecular formula is C11H15NNa2O8P2. The average Bonchev–Trinajstić information content (AvgIpc) is 2.36. The number of rotatable bonds is 6. The molecule has 0 heterocycles. The topological polar surface area (TPSA) is 170 Å². The van der Waals surface area contributed by atoms with E-state index in [9.17, 15) is 28.8 Å². The molecule has 0 radical (unpaired) electrons. The molecule has 0 aliphatic rings. The zero-order valence-electron chi connectivity index (χ0n) is 13.5. The molecule has 9 nitrogen and oxygen atoms in total. The van der Waals surface area contributed by atoms with Crippen molar-refractivity contribution in [2.75, 3.05) is 6.54 Å². The average molecular weight is 397 g/mol. The SMILES string of the molecule is Cc1ccc(C(=O)NCCC(O)(P(=O)([O-])O)P(=O)([O-])O)cc1.[Na+].[Na+]. The summed E-state index contributed by atoms with van der Waals surface area (Å²) < 4.78 is 21.9. The van der Waals surface area contributed by atoms with Gasteiger partial charge in [0, 0.05) is 18.5 Å². The van der Waals surface area contributed by atoms with Gasteiger partial charge >= 0.3 is 59.1 Å². The van der Waals surface area contributed by atoms with Crippen LogP contribution in [0.5, 0.6) is 0 Å². The minimum absolute atomic E-state index is 0. The van der Waals surface area contributed by atoms with Gasteiger partial charge in [0.2, 0.25) is 0 Å². The van der Waals surface area contributed by atoms with Crippen LogP contribution in [-0.4, -0.2) is 32.4 Å². The third-order valence-corrected chi connectivity index (χ3v) is 6.74. The van der Waals surface area contributed by atoms with E-state index in [0.29, 0.717) is 0 Å². The maximum Gasteiger partial charge on any atom is 1.00 e. The van der Waals surface area contributed by atoms with E-state index >= 15 is 0 Å². The number of carbonyl (C=O) groups is 1. The Morgan fingerprint density at radius 3 is 1.92 bits per heavy atom. The molecule has 0 aliphatic heterocycles. The van der Waals surface area contributed by atoms with E-state index in [2.05, 4.69) is 5.32 Å². The largest absolute Gasteiger partial charge is 1.00 e.